The van der Waals surface area contributed by atoms with Crippen LogP contribution in [0.1, 0.15) is 35.9 Å². The molecule has 2 rings (SSSR count). The Labute approximate surface area is 113 Å². The van der Waals surface area contributed by atoms with E-state index in [4.69, 9.17) is 12.2 Å². The first-order valence-corrected chi connectivity index (χ1v) is 6.64. The molecule has 1 heterocycles. The van der Waals surface area contributed by atoms with Crippen molar-refractivity contribution in [3.05, 3.63) is 11.4 Å². The molecular weight excluding hydrogens is 240 g/mol. The molecule has 1 fully saturated rings. The number of nitrogen functional groups attached to an aromatic ring is 1. The van der Waals surface area contributed by atoms with E-state index in [0.29, 0.717) is 36.1 Å². The van der Waals surface area contributed by atoms with Gasteiger partial charge in [0.15, 0.2) is 0 Å². The zero-order chi connectivity index (χ0) is 14.0. The smallest absolute Gasteiger partial charge is 0.275 e. The predicted octanol–water partition coefficient (Wildman–Crippen LogP) is 1.28. The summed E-state index contributed by atoms with van der Waals surface area (Å²) in [5.41, 5.74) is 7.60. The van der Waals surface area contributed by atoms with Crippen LogP contribution < -0.4 is 5.73 Å². The number of anilines is 1. The number of carbonyl (C=O) groups is 1. The van der Waals surface area contributed by atoms with Crippen LogP contribution in [0.5, 0.6) is 0 Å². The van der Waals surface area contributed by atoms with Crippen LogP contribution in [-0.4, -0.2) is 33.7 Å². The van der Waals surface area contributed by atoms with Crippen molar-refractivity contribution in [1.82, 2.24) is 14.7 Å². The number of carbonyl (C=O) groups excluding carboxylic acids is 1. The molecular formula is C14H20N4O. The van der Waals surface area contributed by atoms with Gasteiger partial charge in [-0.2, -0.15) is 5.10 Å². The molecule has 0 aliphatic heterocycles. The van der Waals surface area contributed by atoms with E-state index in [1.807, 2.05) is 13.8 Å². The molecule has 1 aromatic rings. The van der Waals surface area contributed by atoms with Gasteiger partial charge < -0.3 is 10.6 Å². The maximum Gasteiger partial charge on any atom is 0.275 e. The van der Waals surface area contributed by atoms with E-state index in [0.717, 1.165) is 6.54 Å². The van der Waals surface area contributed by atoms with E-state index in [9.17, 15) is 4.79 Å². The van der Waals surface area contributed by atoms with Crippen molar-refractivity contribution < 1.29 is 4.79 Å². The molecule has 1 amide bonds. The highest BCUT2D eigenvalue weighted by Gasteiger charge is 2.29. The van der Waals surface area contributed by atoms with Crippen molar-refractivity contribution in [2.75, 3.05) is 18.8 Å². The zero-order valence-electron chi connectivity index (χ0n) is 11.5. The van der Waals surface area contributed by atoms with Crippen molar-refractivity contribution >= 4 is 11.6 Å². The Hall–Kier alpha value is -1.96. The van der Waals surface area contributed by atoms with E-state index >= 15 is 0 Å². The molecule has 0 spiro atoms. The van der Waals surface area contributed by atoms with Crippen molar-refractivity contribution in [3.8, 4) is 12.3 Å². The van der Waals surface area contributed by atoms with Crippen molar-refractivity contribution in [3.63, 3.8) is 0 Å². The van der Waals surface area contributed by atoms with Crippen molar-refractivity contribution in [2.45, 2.75) is 33.2 Å². The Bertz CT molecular complexity index is 522. The third-order valence-corrected chi connectivity index (χ3v) is 3.42. The number of aryl methyl sites for hydroxylation is 2. The third-order valence-electron chi connectivity index (χ3n) is 3.42. The first-order chi connectivity index (χ1) is 9.08. The molecule has 5 heteroatoms. The summed E-state index contributed by atoms with van der Waals surface area (Å²) in [6.07, 6.45) is 7.71. The monoisotopic (exact) mass is 260 g/mol. The van der Waals surface area contributed by atoms with Gasteiger partial charge in [-0.15, -0.1) is 6.42 Å². The second kappa shape index (κ2) is 5.35. The van der Waals surface area contributed by atoms with Gasteiger partial charge in [-0.25, -0.2) is 0 Å². The largest absolute Gasteiger partial charge is 0.395 e. The van der Waals surface area contributed by atoms with E-state index in [1.54, 1.807) is 9.58 Å². The molecule has 102 valence electrons. The van der Waals surface area contributed by atoms with Crippen LogP contribution in [0.3, 0.4) is 0 Å². The molecule has 2 N–H and O–H groups in total. The molecule has 1 aliphatic rings. The summed E-state index contributed by atoms with van der Waals surface area (Å²) in [5, 5.41) is 4.28. The molecule has 0 radical (unpaired) electrons. The van der Waals surface area contributed by atoms with Gasteiger partial charge in [0.2, 0.25) is 0 Å². The van der Waals surface area contributed by atoms with Crippen LogP contribution in [-0.2, 0) is 6.54 Å². The zero-order valence-corrected chi connectivity index (χ0v) is 11.5. The average Bonchev–Trinajstić information content (AvgIpc) is 3.15. The van der Waals surface area contributed by atoms with Gasteiger partial charge in [-0.05, 0) is 32.6 Å². The molecule has 19 heavy (non-hydrogen) atoms. The number of rotatable bonds is 5. The number of terminal acetylenes is 1. The van der Waals surface area contributed by atoms with E-state index in [1.165, 1.54) is 12.8 Å². The summed E-state index contributed by atoms with van der Waals surface area (Å²) >= 11 is 0. The van der Waals surface area contributed by atoms with E-state index in [-0.39, 0.29) is 5.91 Å². The van der Waals surface area contributed by atoms with Gasteiger partial charge >= 0.3 is 0 Å². The molecule has 0 atom stereocenters. The maximum atomic E-state index is 12.6. The summed E-state index contributed by atoms with van der Waals surface area (Å²) in [4.78, 5) is 14.3. The molecule has 0 bridgehead atoms. The second-order valence-electron chi connectivity index (χ2n) is 5.00. The standard InChI is InChI=1S/C14H20N4O/c1-4-8-17(9-11-6-7-11)14(19)13-12(15)10(3)16-18(13)5-2/h1,11H,5-9,15H2,2-3H3. The highest BCUT2D eigenvalue weighted by atomic mass is 16.2. The van der Waals surface area contributed by atoms with Crippen LogP contribution in [0.15, 0.2) is 0 Å². The minimum atomic E-state index is -0.107. The first-order valence-electron chi connectivity index (χ1n) is 6.64. The fraction of sp³-hybridized carbons (Fsp3) is 0.571. The van der Waals surface area contributed by atoms with E-state index in [2.05, 4.69) is 11.0 Å². The fourth-order valence-corrected chi connectivity index (χ4v) is 2.14. The fourth-order valence-electron chi connectivity index (χ4n) is 2.14. The summed E-state index contributed by atoms with van der Waals surface area (Å²) in [5.74, 6) is 3.04. The van der Waals surface area contributed by atoms with Crippen molar-refractivity contribution in [2.24, 2.45) is 5.92 Å². The van der Waals surface area contributed by atoms with Gasteiger partial charge in [0, 0.05) is 13.1 Å². The first kappa shape index (κ1) is 13.5. The van der Waals surface area contributed by atoms with Gasteiger partial charge in [-0.3, -0.25) is 9.48 Å². The lowest BCUT2D eigenvalue weighted by molar-refractivity contribution is 0.0758. The summed E-state index contributed by atoms with van der Waals surface area (Å²) in [6.45, 7) is 5.41. The second-order valence-corrected chi connectivity index (χ2v) is 5.00. The molecule has 0 unspecified atom stereocenters. The van der Waals surface area contributed by atoms with Gasteiger partial charge in [0.1, 0.15) is 5.69 Å². The molecule has 1 aromatic heterocycles. The Morgan fingerprint density at radius 1 is 1.63 bits per heavy atom. The van der Waals surface area contributed by atoms with Crippen LogP contribution in [0, 0.1) is 25.2 Å². The Kier molecular flexibility index (Phi) is 3.79. The Morgan fingerprint density at radius 3 is 2.84 bits per heavy atom. The van der Waals surface area contributed by atoms with E-state index < -0.39 is 0 Å². The van der Waals surface area contributed by atoms with Crippen LogP contribution >= 0.6 is 0 Å². The number of amides is 1. The molecule has 1 saturated carbocycles. The number of nitrogens with two attached hydrogens (primary N) is 1. The lowest BCUT2D eigenvalue weighted by Crippen LogP contribution is -2.35. The van der Waals surface area contributed by atoms with Crippen LogP contribution in [0.25, 0.3) is 0 Å². The SMILES string of the molecule is C#CCN(CC1CC1)C(=O)c1c(N)c(C)nn1CC. The van der Waals surface area contributed by atoms with Crippen molar-refractivity contribution in [1.29, 1.82) is 0 Å². The highest BCUT2D eigenvalue weighted by Crippen LogP contribution is 2.30. The summed E-state index contributed by atoms with van der Waals surface area (Å²) < 4.78 is 1.66. The van der Waals surface area contributed by atoms with Crippen LogP contribution in [0.2, 0.25) is 0 Å². The number of hydrogen-bond acceptors (Lipinski definition) is 3. The Morgan fingerprint density at radius 2 is 2.32 bits per heavy atom. The summed E-state index contributed by atoms with van der Waals surface area (Å²) in [7, 11) is 0. The maximum absolute atomic E-state index is 12.6. The molecule has 1 aliphatic carbocycles. The number of aromatic nitrogens is 2. The highest BCUT2D eigenvalue weighted by molar-refractivity contribution is 5.98. The molecule has 0 aromatic carbocycles. The molecule has 0 saturated heterocycles. The quantitative estimate of drug-likeness (QED) is 0.811. The lowest BCUT2D eigenvalue weighted by atomic mass is 10.2. The third kappa shape index (κ3) is 2.73. The predicted molar refractivity (Wildman–Crippen MR) is 74.5 cm³/mol. The van der Waals surface area contributed by atoms with Gasteiger partial charge in [-0.1, -0.05) is 5.92 Å². The summed E-state index contributed by atoms with van der Waals surface area (Å²) in [6, 6.07) is 0. The number of nitrogens with zero attached hydrogens (tertiary/aromatic N) is 3. The average molecular weight is 260 g/mol. The van der Waals surface area contributed by atoms with Gasteiger partial charge in [0.05, 0.1) is 17.9 Å². The lowest BCUT2D eigenvalue weighted by Gasteiger charge is -2.20. The van der Waals surface area contributed by atoms with Gasteiger partial charge in [0.25, 0.3) is 5.91 Å². The molecule has 5 nitrogen and oxygen atoms in total. The minimum Gasteiger partial charge on any atom is -0.395 e. The minimum absolute atomic E-state index is 0.107. The topological polar surface area (TPSA) is 64.2 Å². The van der Waals surface area contributed by atoms with Crippen LogP contribution in [0.4, 0.5) is 5.69 Å². The Balaban J connectivity index is 2.27. The number of hydrogen-bond donors (Lipinski definition) is 1. The normalized spacial score (nSPS) is 14.2.